The average molecular weight is 336 g/mol. The van der Waals surface area contributed by atoms with Crippen LogP contribution < -0.4 is 0 Å². The standard InChI is InChI=1S/C11H12Br2O2/c1-2-15-11(14)9-4-3-8(5-6-12)10(13)7-9/h3-4,7H,2,5-6H2,1H3. The molecule has 0 saturated carbocycles. The van der Waals surface area contributed by atoms with E-state index in [2.05, 4.69) is 31.9 Å². The van der Waals surface area contributed by atoms with Gasteiger partial charge in [-0.15, -0.1) is 0 Å². The highest BCUT2D eigenvalue weighted by molar-refractivity contribution is 9.10. The maximum Gasteiger partial charge on any atom is 0.338 e. The van der Waals surface area contributed by atoms with Crippen molar-refractivity contribution >= 4 is 37.8 Å². The Morgan fingerprint density at radius 1 is 1.47 bits per heavy atom. The van der Waals surface area contributed by atoms with E-state index in [4.69, 9.17) is 4.74 Å². The molecule has 0 amide bonds. The molecule has 4 heteroatoms. The Balaban J connectivity index is 2.86. The third-order valence-electron chi connectivity index (χ3n) is 1.93. The molecule has 1 aromatic rings. The molecular formula is C11H12Br2O2. The molecule has 0 radical (unpaired) electrons. The van der Waals surface area contributed by atoms with Gasteiger partial charge >= 0.3 is 5.97 Å². The number of esters is 1. The molecule has 0 N–H and O–H groups in total. The minimum absolute atomic E-state index is 0.274. The molecular weight excluding hydrogens is 324 g/mol. The Labute approximate surface area is 106 Å². The van der Waals surface area contributed by atoms with E-state index < -0.39 is 0 Å². The molecule has 82 valence electrons. The zero-order valence-electron chi connectivity index (χ0n) is 8.43. The van der Waals surface area contributed by atoms with Crippen LogP contribution in [0.2, 0.25) is 0 Å². The second kappa shape index (κ2) is 6.28. The fourth-order valence-electron chi connectivity index (χ4n) is 1.19. The number of carbonyl (C=O) groups excluding carboxylic acids is 1. The molecule has 0 unspecified atom stereocenters. The SMILES string of the molecule is CCOC(=O)c1ccc(CCBr)c(Br)c1. The number of carbonyl (C=O) groups is 1. The highest BCUT2D eigenvalue weighted by Gasteiger charge is 2.08. The van der Waals surface area contributed by atoms with Gasteiger partial charge in [-0.1, -0.05) is 37.9 Å². The monoisotopic (exact) mass is 334 g/mol. The smallest absolute Gasteiger partial charge is 0.338 e. The maximum absolute atomic E-state index is 11.4. The molecule has 0 aliphatic heterocycles. The van der Waals surface area contributed by atoms with Gasteiger partial charge in [-0.3, -0.25) is 0 Å². The van der Waals surface area contributed by atoms with Crippen molar-refractivity contribution in [1.29, 1.82) is 0 Å². The van der Waals surface area contributed by atoms with Crippen molar-refractivity contribution in [2.45, 2.75) is 13.3 Å². The van der Waals surface area contributed by atoms with Crippen LogP contribution in [0.3, 0.4) is 0 Å². The number of aryl methyl sites for hydroxylation is 1. The zero-order chi connectivity index (χ0) is 11.3. The lowest BCUT2D eigenvalue weighted by atomic mass is 10.1. The van der Waals surface area contributed by atoms with Crippen LogP contribution in [0, 0.1) is 0 Å². The molecule has 0 spiro atoms. The Kier molecular flexibility index (Phi) is 5.32. The van der Waals surface area contributed by atoms with Gasteiger partial charge in [0.15, 0.2) is 0 Å². The molecule has 0 aliphatic carbocycles. The van der Waals surface area contributed by atoms with Gasteiger partial charge in [-0.2, -0.15) is 0 Å². The third kappa shape index (κ3) is 3.61. The predicted octanol–water partition coefficient (Wildman–Crippen LogP) is 3.56. The number of hydrogen-bond acceptors (Lipinski definition) is 2. The van der Waals surface area contributed by atoms with Crippen LogP contribution in [0.15, 0.2) is 22.7 Å². The van der Waals surface area contributed by atoms with Crippen LogP contribution in [-0.2, 0) is 11.2 Å². The summed E-state index contributed by atoms with van der Waals surface area (Å²) in [7, 11) is 0. The normalized spacial score (nSPS) is 10.1. The summed E-state index contributed by atoms with van der Waals surface area (Å²) in [5, 5.41) is 0.907. The summed E-state index contributed by atoms with van der Waals surface area (Å²) in [6.07, 6.45) is 0.934. The summed E-state index contributed by atoms with van der Waals surface area (Å²) in [6, 6.07) is 5.54. The van der Waals surface area contributed by atoms with Crippen molar-refractivity contribution < 1.29 is 9.53 Å². The van der Waals surface area contributed by atoms with E-state index in [0.29, 0.717) is 12.2 Å². The fourth-order valence-corrected chi connectivity index (χ4v) is 2.20. The summed E-state index contributed by atoms with van der Waals surface area (Å²) < 4.78 is 5.87. The topological polar surface area (TPSA) is 26.3 Å². The van der Waals surface area contributed by atoms with Crippen molar-refractivity contribution in [2.75, 3.05) is 11.9 Å². The summed E-state index contributed by atoms with van der Waals surface area (Å²) >= 11 is 6.82. The second-order valence-electron chi connectivity index (χ2n) is 2.97. The molecule has 1 rings (SSSR count). The summed E-state index contributed by atoms with van der Waals surface area (Å²) in [5.41, 5.74) is 1.77. The van der Waals surface area contributed by atoms with Gasteiger partial charge in [0.1, 0.15) is 0 Å². The van der Waals surface area contributed by atoms with Gasteiger partial charge in [0, 0.05) is 9.80 Å². The Morgan fingerprint density at radius 2 is 2.20 bits per heavy atom. The van der Waals surface area contributed by atoms with Crippen molar-refractivity contribution in [3.63, 3.8) is 0 Å². The first-order chi connectivity index (χ1) is 7.19. The van der Waals surface area contributed by atoms with E-state index in [1.807, 2.05) is 6.07 Å². The number of ether oxygens (including phenoxy) is 1. The molecule has 2 nitrogen and oxygen atoms in total. The molecule has 0 bridgehead atoms. The molecule has 15 heavy (non-hydrogen) atoms. The van der Waals surface area contributed by atoms with E-state index in [-0.39, 0.29) is 5.97 Å². The third-order valence-corrected chi connectivity index (χ3v) is 3.06. The van der Waals surface area contributed by atoms with Crippen LogP contribution in [0.5, 0.6) is 0 Å². The van der Waals surface area contributed by atoms with E-state index in [1.165, 1.54) is 5.56 Å². The Bertz CT molecular complexity index is 350. The van der Waals surface area contributed by atoms with Gasteiger partial charge < -0.3 is 4.74 Å². The van der Waals surface area contributed by atoms with E-state index in [0.717, 1.165) is 16.2 Å². The van der Waals surface area contributed by atoms with Gasteiger partial charge in [-0.25, -0.2) is 4.79 Å². The van der Waals surface area contributed by atoms with Gasteiger partial charge in [0.25, 0.3) is 0 Å². The van der Waals surface area contributed by atoms with Crippen LogP contribution in [0.4, 0.5) is 0 Å². The van der Waals surface area contributed by atoms with E-state index in [1.54, 1.807) is 19.1 Å². The van der Waals surface area contributed by atoms with Crippen molar-refractivity contribution in [3.8, 4) is 0 Å². The van der Waals surface area contributed by atoms with Gasteiger partial charge in [-0.05, 0) is 31.0 Å². The highest BCUT2D eigenvalue weighted by Crippen LogP contribution is 2.20. The molecule has 0 aliphatic rings. The molecule has 0 atom stereocenters. The summed E-state index contributed by atoms with van der Waals surface area (Å²) in [6.45, 7) is 2.20. The second-order valence-corrected chi connectivity index (χ2v) is 4.61. The largest absolute Gasteiger partial charge is 0.462 e. The zero-order valence-corrected chi connectivity index (χ0v) is 11.6. The van der Waals surface area contributed by atoms with Crippen LogP contribution >= 0.6 is 31.9 Å². The van der Waals surface area contributed by atoms with Crippen LogP contribution in [0.1, 0.15) is 22.8 Å². The van der Waals surface area contributed by atoms with Crippen LogP contribution in [0.25, 0.3) is 0 Å². The van der Waals surface area contributed by atoms with Crippen molar-refractivity contribution in [2.24, 2.45) is 0 Å². The minimum Gasteiger partial charge on any atom is -0.462 e. The van der Waals surface area contributed by atoms with Crippen LogP contribution in [-0.4, -0.2) is 17.9 Å². The first-order valence-corrected chi connectivity index (χ1v) is 6.62. The van der Waals surface area contributed by atoms with Gasteiger partial charge in [0.2, 0.25) is 0 Å². The number of rotatable bonds is 4. The highest BCUT2D eigenvalue weighted by atomic mass is 79.9. The number of hydrogen-bond donors (Lipinski definition) is 0. The lowest BCUT2D eigenvalue weighted by Gasteiger charge is -2.05. The molecule has 1 aromatic carbocycles. The predicted molar refractivity (Wildman–Crippen MR) is 67.6 cm³/mol. The van der Waals surface area contributed by atoms with Crippen molar-refractivity contribution in [1.82, 2.24) is 0 Å². The van der Waals surface area contributed by atoms with Crippen molar-refractivity contribution in [3.05, 3.63) is 33.8 Å². The lowest BCUT2D eigenvalue weighted by Crippen LogP contribution is -2.05. The first-order valence-electron chi connectivity index (χ1n) is 4.70. The van der Waals surface area contributed by atoms with E-state index in [9.17, 15) is 4.79 Å². The average Bonchev–Trinajstić information content (AvgIpc) is 2.21. The number of benzene rings is 1. The molecule has 0 aromatic heterocycles. The Hall–Kier alpha value is -0.350. The maximum atomic E-state index is 11.4. The molecule has 0 heterocycles. The Morgan fingerprint density at radius 3 is 2.73 bits per heavy atom. The number of halogens is 2. The molecule has 0 fully saturated rings. The fraction of sp³-hybridized carbons (Fsp3) is 0.364. The minimum atomic E-state index is -0.274. The van der Waals surface area contributed by atoms with Gasteiger partial charge in [0.05, 0.1) is 12.2 Å². The summed E-state index contributed by atoms with van der Waals surface area (Å²) in [4.78, 5) is 11.4. The quantitative estimate of drug-likeness (QED) is 0.621. The lowest BCUT2D eigenvalue weighted by molar-refractivity contribution is 0.0526. The summed E-state index contributed by atoms with van der Waals surface area (Å²) in [5.74, 6) is -0.274. The van der Waals surface area contributed by atoms with E-state index >= 15 is 0 Å². The first kappa shape index (κ1) is 12.7. The molecule has 0 saturated heterocycles. The number of alkyl halides is 1.